The second-order valence-corrected chi connectivity index (χ2v) is 4.93. The van der Waals surface area contributed by atoms with Crippen LogP contribution in [0.25, 0.3) is 10.8 Å². The zero-order valence-electron chi connectivity index (χ0n) is 11.6. The Kier molecular flexibility index (Phi) is 4.10. The van der Waals surface area contributed by atoms with E-state index in [0.717, 1.165) is 22.1 Å². The van der Waals surface area contributed by atoms with Gasteiger partial charge in [0.1, 0.15) is 6.04 Å². The molecule has 2 aromatic carbocycles. The summed E-state index contributed by atoms with van der Waals surface area (Å²) in [5.41, 5.74) is 7.52. The number of carbonyl (C=O) groups is 1. The van der Waals surface area contributed by atoms with Crippen molar-refractivity contribution in [3.05, 3.63) is 36.4 Å². The molecular formula is C15H19N3O2. The zero-order valence-corrected chi connectivity index (χ0v) is 11.6. The number of nitrogens with two attached hydrogens (primary N) is 1. The molecule has 5 heteroatoms. The van der Waals surface area contributed by atoms with Crippen molar-refractivity contribution in [3.8, 4) is 0 Å². The van der Waals surface area contributed by atoms with Crippen molar-refractivity contribution in [2.24, 2.45) is 5.73 Å². The van der Waals surface area contributed by atoms with Gasteiger partial charge in [-0.1, -0.05) is 18.2 Å². The van der Waals surface area contributed by atoms with Crippen LogP contribution >= 0.6 is 0 Å². The van der Waals surface area contributed by atoms with Crippen LogP contribution in [0.1, 0.15) is 0 Å². The van der Waals surface area contributed by atoms with Crippen LogP contribution in [0.2, 0.25) is 0 Å². The lowest BCUT2D eigenvalue weighted by atomic mass is 10.1. The third kappa shape index (κ3) is 3.00. The predicted molar refractivity (Wildman–Crippen MR) is 82.4 cm³/mol. The van der Waals surface area contributed by atoms with E-state index < -0.39 is 12.0 Å². The lowest BCUT2D eigenvalue weighted by Gasteiger charge is -2.15. The van der Waals surface area contributed by atoms with Gasteiger partial charge in [0.05, 0.1) is 0 Å². The molecule has 0 heterocycles. The molecule has 0 spiro atoms. The van der Waals surface area contributed by atoms with Gasteiger partial charge in [-0.15, -0.1) is 0 Å². The number of benzene rings is 2. The molecule has 106 valence electrons. The zero-order chi connectivity index (χ0) is 14.7. The molecule has 2 rings (SSSR count). The molecule has 1 atom stereocenters. The van der Waals surface area contributed by atoms with Crippen LogP contribution in [-0.4, -0.2) is 37.8 Å². The molecule has 0 aliphatic carbocycles. The highest BCUT2D eigenvalue weighted by atomic mass is 16.4. The summed E-state index contributed by atoms with van der Waals surface area (Å²) in [4.78, 5) is 12.8. The molecule has 5 nitrogen and oxygen atoms in total. The minimum Gasteiger partial charge on any atom is -0.480 e. The molecule has 2 aromatic rings. The van der Waals surface area contributed by atoms with Gasteiger partial charge in [0.15, 0.2) is 0 Å². The van der Waals surface area contributed by atoms with E-state index in [1.54, 1.807) is 0 Å². The van der Waals surface area contributed by atoms with Crippen LogP contribution in [0, 0.1) is 0 Å². The first-order valence-electron chi connectivity index (χ1n) is 6.41. The normalized spacial score (nSPS) is 12.2. The largest absolute Gasteiger partial charge is 0.480 e. The van der Waals surface area contributed by atoms with Gasteiger partial charge in [0, 0.05) is 37.4 Å². The van der Waals surface area contributed by atoms with E-state index in [-0.39, 0.29) is 6.54 Å². The van der Waals surface area contributed by atoms with Crippen molar-refractivity contribution in [1.29, 1.82) is 0 Å². The Bertz CT molecular complexity index is 626. The smallest absolute Gasteiger partial charge is 0.322 e. The number of anilines is 2. The summed E-state index contributed by atoms with van der Waals surface area (Å²) < 4.78 is 0. The number of carboxylic acids is 1. The Balaban J connectivity index is 2.28. The third-order valence-electron chi connectivity index (χ3n) is 3.21. The van der Waals surface area contributed by atoms with E-state index in [9.17, 15) is 4.79 Å². The van der Waals surface area contributed by atoms with Crippen molar-refractivity contribution < 1.29 is 9.90 Å². The highest BCUT2D eigenvalue weighted by Gasteiger charge is 2.11. The molecule has 4 N–H and O–H groups in total. The maximum Gasteiger partial charge on any atom is 0.322 e. The fraction of sp³-hybridized carbons (Fsp3) is 0.267. The van der Waals surface area contributed by atoms with Gasteiger partial charge in [-0.25, -0.2) is 0 Å². The van der Waals surface area contributed by atoms with Crippen LogP contribution < -0.4 is 16.0 Å². The first-order valence-corrected chi connectivity index (χ1v) is 6.41. The number of hydrogen-bond acceptors (Lipinski definition) is 4. The van der Waals surface area contributed by atoms with Crippen molar-refractivity contribution >= 4 is 28.1 Å². The summed E-state index contributed by atoms with van der Waals surface area (Å²) in [6, 6.07) is 11.1. The molecular weight excluding hydrogens is 254 g/mol. The molecule has 0 bridgehead atoms. The number of carboxylic acid groups (broad SMARTS) is 1. The summed E-state index contributed by atoms with van der Waals surface area (Å²) >= 11 is 0. The van der Waals surface area contributed by atoms with Crippen molar-refractivity contribution in [2.45, 2.75) is 6.04 Å². The SMILES string of the molecule is CN(C)c1ccc2c(NCC(N)C(=O)O)cccc2c1. The molecule has 20 heavy (non-hydrogen) atoms. The molecule has 0 aliphatic rings. The minimum atomic E-state index is -1.01. The van der Waals surface area contributed by atoms with Crippen LogP contribution in [0.4, 0.5) is 11.4 Å². The highest BCUT2D eigenvalue weighted by Crippen LogP contribution is 2.27. The van der Waals surface area contributed by atoms with E-state index in [1.807, 2.05) is 49.3 Å². The molecule has 0 saturated heterocycles. The van der Waals surface area contributed by atoms with Crippen LogP contribution in [0.3, 0.4) is 0 Å². The molecule has 0 aromatic heterocycles. The lowest BCUT2D eigenvalue weighted by molar-refractivity contribution is -0.138. The first-order chi connectivity index (χ1) is 9.49. The molecule has 0 saturated carbocycles. The standard InChI is InChI=1S/C15H19N3O2/c1-18(2)11-6-7-12-10(8-11)4-3-5-14(12)17-9-13(16)15(19)20/h3-8,13,17H,9,16H2,1-2H3,(H,19,20). The number of hydrogen-bond donors (Lipinski definition) is 3. The van der Waals surface area contributed by atoms with Gasteiger partial charge in [0.2, 0.25) is 0 Å². The first kappa shape index (κ1) is 14.1. The average molecular weight is 273 g/mol. The fourth-order valence-corrected chi connectivity index (χ4v) is 2.01. The summed E-state index contributed by atoms with van der Waals surface area (Å²) in [7, 11) is 3.99. The summed E-state index contributed by atoms with van der Waals surface area (Å²) in [6.45, 7) is 0.198. The number of rotatable bonds is 5. The second-order valence-electron chi connectivity index (χ2n) is 4.93. The quantitative estimate of drug-likeness (QED) is 0.773. The second kappa shape index (κ2) is 5.79. The average Bonchev–Trinajstić information content (AvgIpc) is 2.43. The molecule has 0 fully saturated rings. The monoisotopic (exact) mass is 273 g/mol. The molecule has 0 aliphatic heterocycles. The van der Waals surface area contributed by atoms with Crippen LogP contribution in [-0.2, 0) is 4.79 Å². The number of nitrogens with zero attached hydrogens (tertiary/aromatic N) is 1. The highest BCUT2D eigenvalue weighted by molar-refractivity contribution is 5.96. The molecule has 0 amide bonds. The number of fused-ring (bicyclic) bond motifs is 1. The molecule has 0 radical (unpaired) electrons. The number of aliphatic carboxylic acids is 1. The van der Waals surface area contributed by atoms with Crippen molar-refractivity contribution in [1.82, 2.24) is 0 Å². The van der Waals surface area contributed by atoms with Gasteiger partial charge in [-0.3, -0.25) is 4.79 Å². The van der Waals surface area contributed by atoms with E-state index in [2.05, 4.69) is 11.4 Å². The van der Waals surface area contributed by atoms with Gasteiger partial charge in [-0.05, 0) is 23.6 Å². The Morgan fingerprint density at radius 1 is 1.35 bits per heavy atom. The van der Waals surface area contributed by atoms with Gasteiger partial charge >= 0.3 is 5.97 Å². The van der Waals surface area contributed by atoms with Gasteiger partial charge in [0.25, 0.3) is 0 Å². The third-order valence-corrected chi connectivity index (χ3v) is 3.21. The van der Waals surface area contributed by atoms with Crippen LogP contribution in [0.5, 0.6) is 0 Å². The Labute approximate surface area is 118 Å². The summed E-state index contributed by atoms with van der Waals surface area (Å²) in [5, 5.41) is 14.1. The fourth-order valence-electron chi connectivity index (χ4n) is 2.01. The van der Waals surface area contributed by atoms with Gasteiger partial charge < -0.3 is 21.1 Å². The number of nitrogens with one attached hydrogen (secondary N) is 1. The van der Waals surface area contributed by atoms with Crippen molar-refractivity contribution in [2.75, 3.05) is 30.9 Å². The van der Waals surface area contributed by atoms with Crippen LogP contribution in [0.15, 0.2) is 36.4 Å². The van der Waals surface area contributed by atoms with E-state index in [4.69, 9.17) is 10.8 Å². The van der Waals surface area contributed by atoms with E-state index >= 15 is 0 Å². The maximum absolute atomic E-state index is 10.7. The predicted octanol–water partition coefficient (Wildman–Crippen LogP) is 1.73. The van der Waals surface area contributed by atoms with Gasteiger partial charge in [-0.2, -0.15) is 0 Å². The van der Waals surface area contributed by atoms with E-state index in [1.165, 1.54) is 0 Å². The Hall–Kier alpha value is -2.27. The van der Waals surface area contributed by atoms with Crippen molar-refractivity contribution in [3.63, 3.8) is 0 Å². The van der Waals surface area contributed by atoms with E-state index in [0.29, 0.717) is 0 Å². The lowest BCUT2D eigenvalue weighted by Crippen LogP contribution is -2.36. The summed E-state index contributed by atoms with van der Waals surface area (Å²) in [5.74, 6) is -1.01. The Morgan fingerprint density at radius 3 is 2.75 bits per heavy atom. The Morgan fingerprint density at radius 2 is 2.10 bits per heavy atom. The summed E-state index contributed by atoms with van der Waals surface area (Å²) in [6.07, 6.45) is 0. The minimum absolute atomic E-state index is 0.198. The topological polar surface area (TPSA) is 78.6 Å². The molecule has 1 unspecified atom stereocenters. The maximum atomic E-state index is 10.7.